The van der Waals surface area contributed by atoms with Gasteiger partial charge in [0.25, 0.3) is 0 Å². The normalized spacial score (nSPS) is 12.3. The first-order valence-electron chi connectivity index (χ1n) is 4.40. The average molecular weight is 263 g/mol. The van der Waals surface area contributed by atoms with Crippen LogP contribution in [0.15, 0.2) is 24.3 Å². The molecule has 5 heteroatoms. The summed E-state index contributed by atoms with van der Waals surface area (Å²) >= 11 is 3.25. The monoisotopic (exact) mass is 262 g/mol. The Bertz CT molecular complexity index is 520. The lowest BCUT2D eigenvalue weighted by atomic mass is 10.2. The zero-order chi connectivity index (χ0) is 10.7. The number of halogens is 1. The Kier molecular flexibility index (Phi) is 2.88. The third kappa shape index (κ3) is 1.95. The number of nitrogens with zero attached hydrogens (tertiary/aromatic N) is 4. The molecule has 0 aliphatic heterocycles. The molecular weight excluding hydrogens is 256 g/mol. The van der Waals surface area contributed by atoms with Crippen LogP contribution in [0, 0.1) is 11.3 Å². The maximum atomic E-state index is 8.86. The van der Waals surface area contributed by atoms with Gasteiger partial charge in [0.2, 0.25) is 0 Å². The molecule has 0 spiro atoms. The topological polar surface area (TPSA) is 62.5 Å². The molecule has 0 fully saturated rings. The summed E-state index contributed by atoms with van der Waals surface area (Å²) in [4.78, 5) is 4.29. The third-order valence-electron chi connectivity index (χ3n) is 2.00. The second-order valence-corrected chi connectivity index (χ2v) is 3.64. The van der Waals surface area contributed by atoms with Crippen molar-refractivity contribution in [2.24, 2.45) is 0 Å². The van der Waals surface area contributed by atoms with E-state index in [1.54, 1.807) is 0 Å². The van der Waals surface area contributed by atoms with E-state index in [0.717, 1.165) is 11.0 Å². The molecule has 1 aromatic carbocycles. The molecule has 74 valence electrons. The van der Waals surface area contributed by atoms with Crippen LogP contribution in [0.4, 0.5) is 0 Å². The quantitative estimate of drug-likeness (QED) is 0.777. The van der Waals surface area contributed by atoms with Crippen LogP contribution in [0.25, 0.3) is 11.0 Å². The molecule has 0 saturated heterocycles. The third-order valence-corrected chi connectivity index (χ3v) is 2.65. The number of rotatable bonds is 2. The first kappa shape index (κ1) is 9.99. The molecule has 0 saturated carbocycles. The molecule has 0 amide bonds. The molecule has 1 atom stereocenters. The van der Waals surface area contributed by atoms with E-state index < -0.39 is 0 Å². The van der Waals surface area contributed by atoms with Gasteiger partial charge in [-0.3, -0.25) is 0 Å². The number of hydrogen-bond acceptors (Lipinski definition) is 4. The van der Waals surface area contributed by atoms with Crippen molar-refractivity contribution in [2.45, 2.75) is 5.92 Å². The fourth-order valence-electron chi connectivity index (χ4n) is 1.20. The van der Waals surface area contributed by atoms with Crippen LogP contribution >= 0.6 is 15.9 Å². The second kappa shape index (κ2) is 4.32. The van der Waals surface area contributed by atoms with Gasteiger partial charge in [0.1, 0.15) is 11.4 Å². The number of aromatic nitrogens is 3. The van der Waals surface area contributed by atoms with Crippen molar-refractivity contribution in [2.75, 3.05) is 5.33 Å². The second-order valence-electron chi connectivity index (χ2n) is 2.99. The average Bonchev–Trinajstić information content (AvgIpc) is 2.30. The molecule has 0 N–H and O–H groups in total. The standard InChI is InChI=1S/C10H7BrN4/c11-5-7(6-12)10-13-8-3-1-2-4-9(8)14-15-10/h1-4,7H,5H2. The molecule has 0 radical (unpaired) electrons. The predicted octanol–water partition coefficient (Wildman–Crippen LogP) is 2.03. The van der Waals surface area contributed by atoms with E-state index in [4.69, 9.17) is 5.26 Å². The van der Waals surface area contributed by atoms with Crippen LogP contribution < -0.4 is 0 Å². The summed E-state index contributed by atoms with van der Waals surface area (Å²) < 4.78 is 0. The number of hydrogen-bond donors (Lipinski definition) is 0. The highest BCUT2D eigenvalue weighted by atomic mass is 79.9. The van der Waals surface area contributed by atoms with E-state index >= 15 is 0 Å². The van der Waals surface area contributed by atoms with Crippen LogP contribution in [0.1, 0.15) is 11.7 Å². The van der Waals surface area contributed by atoms with Crippen molar-refractivity contribution in [3.63, 3.8) is 0 Å². The van der Waals surface area contributed by atoms with Crippen molar-refractivity contribution >= 4 is 27.0 Å². The molecule has 0 aliphatic carbocycles. The van der Waals surface area contributed by atoms with Crippen molar-refractivity contribution in [3.05, 3.63) is 30.1 Å². The van der Waals surface area contributed by atoms with E-state index in [1.807, 2.05) is 24.3 Å². The first-order valence-corrected chi connectivity index (χ1v) is 5.52. The largest absolute Gasteiger partial charge is 0.228 e. The summed E-state index contributed by atoms with van der Waals surface area (Å²) in [6.07, 6.45) is 0. The van der Waals surface area contributed by atoms with Gasteiger partial charge in [-0.15, -0.1) is 10.2 Å². The minimum Gasteiger partial charge on any atom is -0.228 e. The molecule has 4 nitrogen and oxygen atoms in total. The van der Waals surface area contributed by atoms with Crippen LogP contribution in [-0.4, -0.2) is 20.5 Å². The summed E-state index contributed by atoms with van der Waals surface area (Å²) in [6, 6.07) is 9.58. The summed E-state index contributed by atoms with van der Waals surface area (Å²) in [5, 5.41) is 17.3. The molecule has 15 heavy (non-hydrogen) atoms. The molecule has 1 aromatic heterocycles. The minimum absolute atomic E-state index is 0.345. The Morgan fingerprint density at radius 2 is 2.00 bits per heavy atom. The highest BCUT2D eigenvalue weighted by Crippen LogP contribution is 2.14. The number of nitriles is 1. The number of fused-ring (bicyclic) bond motifs is 1. The number of alkyl halides is 1. The lowest BCUT2D eigenvalue weighted by molar-refractivity contribution is 0.828. The maximum absolute atomic E-state index is 8.86. The van der Waals surface area contributed by atoms with Gasteiger partial charge in [-0.2, -0.15) is 5.26 Å². The van der Waals surface area contributed by atoms with E-state index in [1.165, 1.54) is 0 Å². The van der Waals surface area contributed by atoms with Crippen LogP contribution in [0.3, 0.4) is 0 Å². The lowest BCUT2D eigenvalue weighted by Crippen LogP contribution is -2.05. The SMILES string of the molecule is N#CC(CBr)c1nnc2ccccc2n1. The van der Waals surface area contributed by atoms with Gasteiger partial charge in [-0.1, -0.05) is 28.1 Å². The van der Waals surface area contributed by atoms with Gasteiger partial charge < -0.3 is 0 Å². The van der Waals surface area contributed by atoms with Crippen LogP contribution in [0.5, 0.6) is 0 Å². The van der Waals surface area contributed by atoms with Crippen molar-refractivity contribution in [3.8, 4) is 6.07 Å². The zero-order valence-electron chi connectivity index (χ0n) is 7.76. The first-order chi connectivity index (χ1) is 7.35. The highest BCUT2D eigenvalue weighted by molar-refractivity contribution is 9.09. The number of benzene rings is 1. The maximum Gasteiger partial charge on any atom is 0.169 e. The fourth-order valence-corrected chi connectivity index (χ4v) is 1.64. The summed E-state index contributed by atoms with van der Waals surface area (Å²) in [7, 11) is 0. The van der Waals surface area contributed by atoms with E-state index in [2.05, 4.69) is 37.2 Å². The predicted molar refractivity (Wildman–Crippen MR) is 59.5 cm³/mol. The minimum atomic E-state index is -0.345. The molecule has 2 rings (SSSR count). The summed E-state index contributed by atoms with van der Waals surface area (Å²) in [6.45, 7) is 0. The Morgan fingerprint density at radius 3 is 2.67 bits per heavy atom. The van der Waals surface area contributed by atoms with Gasteiger partial charge in [-0.05, 0) is 12.1 Å². The van der Waals surface area contributed by atoms with Gasteiger partial charge in [0.15, 0.2) is 5.82 Å². The van der Waals surface area contributed by atoms with Crippen molar-refractivity contribution in [1.82, 2.24) is 15.2 Å². The van der Waals surface area contributed by atoms with Crippen molar-refractivity contribution in [1.29, 1.82) is 5.26 Å². The Morgan fingerprint density at radius 1 is 1.27 bits per heavy atom. The molecule has 0 bridgehead atoms. The Hall–Kier alpha value is -1.54. The van der Waals surface area contributed by atoms with Gasteiger partial charge >= 0.3 is 0 Å². The van der Waals surface area contributed by atoms with Gasteiger partial charge in [0, 0.05) is 5.33 Å². The molecule has 1 heterocycles. The van der Waals surface area contributed by atoms with E-state index in [-0.39, 0.29) is 5.92 Å². The van der Waals surface area contributed by atoms with Gasteiger partial charge in [0.05, 0.1) is 11.6 Å². The Balaban J connectivity index is 2.52. The van der Waals surface area contributed by atoms with Crippen LogP contribution in [0.2, 0.25) is 0 Å². The highest BCUT2D eigenvalue weighted by Gasteiger charge is 2.13. The molecule has 1 unspecified atom stereocenters. The fraction of sp³-hybridized carbons (Fsp3) is 0.200. The number of para-hydroxylation sites is 1. The Labute approximate surface area is 95.1 Å². The molecule has 2 aromatic rings. The smallest absolute Gasteiger partial charge is 0.169 e. The van der Waals surface area contributed by atoms with Gasteiger partial charge in [-0.25, -0.2) is 4.98 Å². The summed E-state index contributed by atoms with van der Waals surface area (Å²) in [5.41, 5.74) is 1.51. The van der Waals surface area contributed by atoms with E-state index in [9.17, 15) is 0 Å². The zero-order valence-corrected chi connectivity index (χ0v) is 9.35. The summed E-state index contributed by atoms with van der Waals surface area (Å²) in [5.74, 6) is 0.121. The van der Waals surface area contributed by atoms with Crippen LogP contribution in [-0.2, 0) is 0 Å². The van der Waals surface area contributed by atoms with E-state index in [0.29, 0.717) is 11.2 Å². The lowest BCUT2D eigenvalue weighted by Gasteiger charge is -2.03. The molecule has 0 aliphatic rings. The van der Waals surface area contributed by atoms with Crippen molar-refractivity contribution < 1.29 is 0 Å². The molecular formula is C10H7BrN4.